The van der Waals surface area contributed by atoms with E-state index in [1.54, 1.807) is 0 Å². The van der Waals surface area contributed by atoms with Crippen LogP contribution in [-0.2, 0) is 0 Å². The zero-order valence-corrected chi connectivity index (χ0v) is 6.58. The number of hydrogen-bond donors (Lipinski definition) is 0. The van der Waals surface area contributed by atoms with Crippen molar-refractivity contribution in [2.45, 2.75) is 26.6 Å². The summed E-state index contributed by atoms with van der Waals surface area (Å²) >= 11 is 0. The maximum atomic E-state index is 3.30. The Hall–Kier alpha value is -0.0431. The molecule has 0 unspecified atom stereocenters. The standard InChI is InChI=1S/C6H13Si/c1-5-6-7(2,3)4/h5H,1-4H3. The van der Waals surface area contributed by atoms with E-state index in [9.17, 15) is 0 Å². The lowest BCUT2D eigenvalue weighted by atomic mass is 10.8. The highest BCUT2D eigenvalue weighted by Crippen LogP contribution is 1.98. The first-order valence-corrected chi connectivity index (χ1v) is 6.12. The summed E-state index contributed by atoms with van der Waals surface area (Å²) in [7, 11) is -0.963. The van der Waals surface area contributed by atoms with E-state index in [0.717, 1.165) is 0 Å². The van der Waals surface area contributed by atoms with Crippen LogP contribution in [0.1, 0.15) is 6.92 Å². The van der Waals surface area contributed by atoms with E-state index in [0.29, 0.717) is 0 Å². The summed E-state index contributed by atoms with van der Waals surface area (Å²) in [5.74, 6) is 0. The molecule has 0 saturated heterocycles. The molecule has 0 fully saturated rings. The Morgan fingerprint density at radius 1 is 1.29 bits per heavy atom. The van der Waals surface area contributed by atoms with Crippen LogP contribution >= 0.6 is 0 Å². The lowest BCUT2D eigenvalue weighted by Crippen LogP contribution is -2.15. The summed E-state index contributed by atoms with van der Waals surface area (Å²) in [5, 5.41) is 0. The largest absolute Gasteiger partial charge is 0.0885 e. The van der Waals surface area contributed by atoms with Gasteiger partial charge in [-0.3, -0.25) is 0 Å². The molecule has 0 nitrogen and oxygen atoms in total. The van der Waals surface area contributed by atoms with Crippen molar-refractivity contribution in [1.29, 1.82) is 0 Å². The Kier molecular flexibility index (Phi) is 2.30. The third kappa shape index (κ3) is 5.96. The van der Waals surface area contributed by atoms with Gasteiger partial charge in [0.05, 0.1) is 8.07 Å². The molecular weight excluding hydrogens is 100 g/mol. The first-order chi connectivity index (χ1) is 3.06. The molecule has 0 amide bonds. The normalized spacial score (nSPS) is 13.1. The van der Waals surface area contributed by atoms with E-state index in [-0.39, 0.29) is 0 Å². The lowest BCUT2D eigenvalue weighted by Gasteiger charge is -2.05. The van der Waals surface area contributed by atoms with Gasteiger partial charge in [-0.15, -0.1) is 0 Å². The molecule has 0 N–H and O–H groups in total. The fraction of sp³-hybridized carbons (Fsp3) is 0.667. The molecule has 0 aromatic rings. The van der Waals surface area contributed by atoms with Crippen molar-refractivity contribution in [2.24, 2.45) is 0 Å². The van der Waals surface area contributed by atoms with E-state index in [4.69, 9.17) is 0 Å². The van der Waals surface area contributed by atoms with Crippen LogP contribution in [0, 0.1) is 5.70 Å². The van der Waals surface area contributed by atoms with Crippen LogP contribution in [0.3, 0.4) is 0 Å². The van der Waals surface area contributed by atoms with Crippen LogP contribution < -0.4 is 0 Å². The average molecular weight is 113 g/mol. The van der Waals surface area contributed by atoms with Crippen molar-refractivity contribution >= 4 is 8.07 Å². The van der Waals surface area contributed by atoms with Crippen LogP contribution in [0.2, 0.25) is 19.6 Å². The minimum Gasteiger partial charge on any atom is -0.0885 e. The second kappa shape index (κ2) is 2.31. The molecule has 0 saturated carbocycles. The number of rotatable bonds is 1. The molecule has 0 atom stereocenters. The molecule has 0 aromatic heterocycles. The number of allylic oxidation sites excluding steroid dienone is 1. The molecule has 0 spiro atoms. The molecule has 0 aliphatic rings. The van der Waals surface area contributed by atoms with E-state index in [1.807, 2.05) is 13.0 Å². The maximum Gasteiger partial charge on any atom is 0.0769 e. The Bertz CT molecular complexity index is 66.7. The van der Waals surface area contributed by atoms with Gasteiger partial charge < -0.3 is 0 Å². The minimum atomic E-state index is -0.963. The third-order valence-electron chi connectivity index (χ3n) is 0.577. The maximum absolute atomic E-state index is 3.30. The van der Waals surface area contributed by atoms with Crippen LogP contribution in [0.25, 0.3) is 0 Å². The second-order valence-electron chi connectivity index (χ2n) is 2.68. The fourth-order valence-corrected chi connectivity index (χ4v) is 1.30. The lowest BCUT2D eigenvalue weighted by molar-refractivity contribution is 1.66. The summed E-state index contributed by atoms with van der Waals surface area (Å²) in [6.45, 7) is 8.84. The van der Waals surface area contributed by atoms with Gasteiger partial charge in [-0.1, -0.05) is 31.4 Å². The van der Waals surface area contributed by atoms with Crippen LogP contribution in [-0.4, -0.2) is 8.07 Å². The van der Waals surface area contributed by atoms with Crippen molar-refractivity contribution in [3.05, 3.63) is 11.8 Å². The smallest absolute Gasteiger partial charge is 0.0769 e. The fourth-order valence-electron chi connectivity index (χ4n) is 0.433. The van der Waals surface area contributed by atoms with Crippen molar-refractivity contribution in [3.8, 4) is 0 Å². The van der Waals surface area contributed by atoms with Crippen molar-refractivity contribution < 1.29 is 0 Å². The molecule has 1 heteroatoms. The summed E-state index contributed by atoms with van der Waals surface area (Å²) < 4.78 is 0. The number of hydrogen-bond acceptors (Lipinski definition) is 0. The zero-order valence-electron chi connectivity index (χ0n) is 5.58. The van der Waals surface area contributed by atoms with E-state index < -0.39 is 8.07 Å². The van der Waals surface area contributed by atoms with Gasteiger partial charge in [-0.2, -0.15) is 0 Å². The molecule has 0 aliphatic heterocycles. The van der Waals surface area contributed by atoms with E-state index >= 15 is 0 Å². The van der Waals surface area contributed by atoms with E-state index in [2.05, 4.69) is 25.3 Å². The van der Waals surface area contributed by atoms with Crippen LogP contribution in [0.5, 0.6) is 0 Å². The Morgan fingerprint density at radius 2 is 1.71 bits per heavy atom. The average Bonchev–Trinajstić information content (AvgIpc) is 1.30. The van der Waals surface area contributed by atoms with Gasteiger partial charge in [0.1, 0.15) is 0 Å². The third-order valence-corrected chi connectivity index (χ3v) is 1.73. The first kappa shape index (κ1) is 6.96. The van der Waals surface area contributed by atoms with Gasteiger partial charge in [0, 0.05) is 0 Å². The summed E-state index contributed by atoms with van der Waals surface area (Å²) in [4.78, 5) is 0. The molecule has 1 radical (unpaired) electrons. The van der Waals surface area contributed by atoms with Gasteiger partial charge in [0.2, 0.25) is 0 Å². The quantitative estimate of drug-likeness (QED) is 0.457. The monoisotopic (exact) mass is 113 g/mol. The van der Waals surface area contributed by atoms with Crippen molar-refractivity contribution in [1.82, 2.24) is 0 Å². The molecule has 0 heterocycles. The first-order valence-electron chi connectivity index (χ1n) is 2.62. The topological polar surface area (TPSA) is 0 Å². The Balaban J connectivity index is 3.56. The highest BCUT2D eigenvalue weighted by atomic mass is 28.3. The van der Waals surface area contributed by atoms with Gasteiger partial charge in [-0.05, 0) is 6.92 Å². The summed E-state index contributed by atoms with van der Waals surface area (Å²) in [5.41, 5.74) is 3.30. The van der Waals surface area contributed by atoms with Gasteiger partial charge in [0.15, 0.2) is 0 Å². The highest BCUT2D eigenvalue weighted by molar-refractivity contribution is 6.78. The summed E-state index contributed by atoms with van der Waals surface area (Å²) in [6, 6.07) is 0. The zero-order chi connectivity index (χ0) is 5.91. The van der Waals surface area contributed by atoms with Gasteiger partial charge in [0.25, 0.3) is 0 Å². The Morgan fingerprint density at radius 3 is 1.71 bits per heavy atom. The van der Waals surface area contributed by atoms with Crippen molar-refractivity contribution in [2.75, 3.05) is 0 Å². The van der Waals surface area contributed by atoms with Gasteiger partial charge >= 0.3 is 0 Å². The Labute approximate surface area is 47.3 Å². The predicted octanol–water partition coefficient (Wildman–Crippen LogP) is 2.24. The highest BCUT2D eigenvalue weighted by Gasteiger charge is 2.05. The van der Waals surface area contributed by atoms with E-state index in [1.165, 1.54) is 0 Å². The van der Waals surface area contributed by atoms with Gasteiger partial charge in [-0.25, -0.2) is 0 Å². The molecule has 41 valence electrons. The molecule has 0 rings (SSSR count). The predicted molar refractivity (Wildman–Crippen MR) is 36.8 cm³/mol. The molecule has 0 aromatic carbocycles. The van der Waals surface area contributed by atoms with Crippen LogP contribution in [0.15, 0.2) is 6.08 Å². The molecule has 0 bridgehead atoms. The SMILES string of the molecule is CC=[C][Si](C)(C)C. The minimum absolute atomic E-state index is 0.963. The molecule has 0 aliphatic carbocycles. The molecule has 7 heavy (non-hydrogen) atoms. The summed E-state index contributed by atoms with van der Waals surface area (Å²) in [6.07, 6.45) is 2.02. The van der Waals surface area contributed by atoms with Crippen molar-refractivity contribution in [3.63, 3.8) is 0 Å². The van der Waals surface area contributed by atoms with Crippen LogP contribution in [0.4, 0.5) is 0 Å². The molecular formula is C6H13Si. The second-order valence-corrected chi connectivity index (χ2v) is 7.47.